The standard InChI is InChI=1S/C59H111NO8/c1-6-8-10-12-14-16-18-20-22-24-26-27-28-29-30-31-32-34-36-38-40-42-44-46-48-50-57(62)68-55(54-67-59(58(63)64)65-52-51-60(3,4)5)53-66-56(61)49-47-45-43-41-39-37-35-33-25-23-21-19-17-15-13-11-9-7-2/h23-26,55,59H,6-22,27-54H2,1-5H3/p+1/b25-23-,26-24-. The second kappa shape index (κ2) is 51.1. The van der Waals surface area contributed by atoms with Crippen LogP contribution < -0.4 is 0 Å². The number of ether oxygens (including phenoxy) is 4. The van der Waals surface area contributed by atoms with Crippen molar-refractivity contribution in [2.24, 2.45) is 0 Å². The van der Waals surface area contributed by atoms with E-state index in [1.165, 1.54) is 212 Å². The van der Waals surface area contributed by atoms with Gasteiger partial charge in [0.05, 0.1) is 34.4 Å². The van der Waals surface area contributed by atoms with Crippen molar-refractivity contribution in [3.63, 3.8) is 0 Å². The van der Waals surface area contributed by atoms with Gasteiger partial charge in [-0.15, -0.1) is 0 Å². The summed E-state index contributed by atoms with van der Waals surface area (Å²) in [7, 11) is 5.97. The number of rotatable bonds is 54. The smallest absolute Gasteiger partial charge is 0.361 e. The fourth-order valence-electron chi connectivity index (χ4n) is 8.42. The van der Waals surface area contributed by atoms with Gasteiger partial charge in [0.25, 0.3) is 6.29 Å². The van der Waals surface area contributed by atoms with Gasteiger partial charge in [0.1, 0.15) is 13.2 Å². The van der Waals surface area contributed by atoms with Crippen LogP contribution in [0, 0.1) is 0 Å². The van der Waals surface area contributed by atoms with Gasteiger partial charge in [-0.25, -0.2) is 4.79 Å². The number of esters is 2. The Morgan fingerprint density at radius 1 is 0.426 bits per heavy atom. The average molecular weight is 964 g/mol. The highest BCUT2D eigenvalue weighted by Gasteiger charge is 2.25. The highest BCUT2D eigenvalue weighted by Crippen LogP contribution is 2.16. The quantitative estimate of drug-likeness (QED) is 0.0211. The molecule has 0 spiro atoms. The van der Waals surface area contributed by atoms with Crippen molar-refractivity contribution < 1.29 is 42.9 Å². The van der Waals surface area contributed by atoms with Gasteiger partial charge in [0.15, 0.2) is 6.10 Å². The van der Waals surface area contributed by atoms with Gasteiger partial charge in [-0.3, -0.25) is 9.59 Å². The molecule has 0 saturated heterocycles. The molecule has 0 aromatic heterocycles. The first-order valence-corrected chi connectivity index (χ1v) is 29.0. The number of aliphatic carboxylic acids is 1. The van der Waals surface area contributed by atoms with Crippen LogP contribution in [0.25, 0.3) is 0 Å². The fraction of sp³-hybridized carbons (Fsp3) is 0.881. The zero-order valence-corrected chi connectivity index (χ0v) is 45.5. The van der Waals surface area contributed by atoms with Crippen LogP contribution in [-0.2, 0) is 33.3 Å². The summed E-state index contributed by atoms with van der Waals surface area (Å²) in [6, 6.07) is 0. The van der Waals surface area contributed by atoms with Crippen LogP contribution in [0.1, 0.15) is 277 Å². The lowest BCUT2D eigenvalue weighted by Crippen LogP contribution is -2.40. The molecule has 0 fully saturated rings. The number of carbonyl (C=O) groups is 3. The summed E-state index contributed by atoms with van der Waals surface area (Å²) in [6.45, 7) is 4.91. The summed E-state index contributed by atoms with van der Waals surface area (Å²) in [5.74, 6) is -1.99. The maximum absolute atomic E-state index is 12.9. The third-order valence-corrected chi connectivity index (χ3v) is 12.9. The number of carboxylic acid groups (broad SMARTS) is 1. The minimum Gasteiger partial charge on any atom is -0.477 e. The summed E-state index contributed by atoms with van der Waals surface area (Å²) in [6.07, 6.45) is 56.8. The Morgan fingerprint density at radius 3 is 1.09 bits per heavy atom. The normalized spacial score (nSPS) is 12.9. The Balaban J connectivity index is 4.22. The van der Waals surface area contributed by atoms with Crippen LogP contribution in [0.15, 0.2) is 24.3 Å². The van der Waals surface area contributed by atoms with E-state index >= 15 is 0 Å². The Hall–Kier alpha value is -2.23. The highest BCUT2D eigenvalue weighted by molar-refractivity contribution is 5.71. The molecule has 0 aliphatic heterocycles. The monoisotopic (exact) mass is 963 g/mol. The third kappa shape index (κ3) is 51.6. The van der Waals surface area contributed by atoms with Gasteiger partial charge >= 0.3 is 17.9 Å². The van der Waals surface area contributed by atoms with E-state index in [1.54, 1.807) is 0 Å². The predicted octanol–water partition coefficient (Wildman–Crippen LogP) is 16.7. The van der Waals surface area contributed by atoms with E-state index < -0.39 is 24.3 Å². The minimum atomic E-state index is -1.51. The van der Waals surface area contributed by atoms with Gasteiger partial charge in [-0.2, -0.15) is 0 Å². The molecule has 0 bridgehead atoms. The molecule has 9 heteroatoms. The number of nitrogens with zero attached hydrogens (tertiary/aromatic N) is 1. The van der Waals surface area contributed by atoms with Crippen molar-refractivity contribution in [1.82, 2.24) is 0 Å². The third-order valence-electron chi connectivity index (χ3n) is 12.9. The maximum atomic E-state index is 12.9. The Morgan fingerprint density at radius 2 is 0.750 bits per heavy atom. The SMILES string of the molecule is CCCCCCCCC/C=C\CCCCCCCCCC(=O)OCC(COC(OCC[N+](C)(C)C)C(=O)O)OC(=O)CCCCCCCCCCCCCCC/C=C\CCCCCCCCCC. The second-order valence-corrected chi connectivity index (χ2v) is 20.9. The minimum absolute atomic E-state index is 0.180. The van der Waals surface area contributed by atoms with Crippen molar-refractivity contribution in [3.8, 4) is 0 Å². The number of carbonyl (C=O) groups excluding carboxylic acids is 2. The predicted molar refractivity (Wildman–Crippen MR) is 286 cm³/mol. The van der Waals surface area contributed by atoms with Crippen LogP contribution in [0.4, 0.5) is 0 Å². The van der Waals surface area contributed by atoms with Crippen molar-refractivity contribution >= 4 is 17.9 Å². The molecular weight excluding hydrogens is 851 g/mol. The van der Waals surface area contributed by atoms with E-state index in [9.17, 15) is 19.5 Å². The topological polar surface area (TPSA) is 108 Å². The molecule has 0 aliphatic carbocycles. The van der Waals surface area contributed by atoms with E-state index in [-0.39, 0.29) is 32.2 Å². The molecule has 0 aliphatic rings. The summed E-state index contributed by atoms with van der Waals surface area (Å²) in [5.41, 5.74) is 0. The molecule has 0 saturated carbocycles. The van der Waals surface area contributed by atoms with Crippen LogP contribution in [0.5, 0.6) is 0 Å². The zero-order valence-electron chi connectivity index (χ0n) is 45.5. The number of unbranched alkanes of at least 4 members (excludes halogenated alkanes) is 35. The van der Waals surface area contributed by atoms with Crippen LogP contribution in [0.3, 0.4) is 0 Å². The molecule has 0 aromatic carbocycles. The van der Waals surface area contributed by atoms with Crippen molar-refractivity contribution in [1.29, 1.82) is 0 Å². The number of likely N-dealkylation sites (N-methyl/N-ethyl adjacent to an activating group) is 1. The number of hydrogen-bond donors (Lipinski definition) is 1. The number of allylic oxidation sites excluding steroid dienone is 4. The van der Waals surface area contributed by atoms with Gasteiger partial charge in [0, 0.05) is 12.8 Å². The lowest BCUT2D eigenvalue weighted by molar-refractivity contribution is -0.870. The molecule has 1 N–H and O–H groups in total. The van der Waals surface area contributed by atoms with Gasteiger partial charge in [-0.05, 0) is 64.2 Å². The summed E-state index contributed by atoms with van der Waals surface area (Å²) in [5, 5.41) is 9.70. The van der Waals surface area contributed by atoms with Crippen LogP contribution >= 0.6 is 0 Å². The number of hydrogen-bond acceptors (Lipinski definition) is 7. The molecule has 68 heavy (non-hydrogen) atoms. The van der Waals surface area contributed by atoms with E-state index in [1.807, 2.05) is 21.1 Å². The Bertz CT molecular complexity index is 1170. The van der Waals surface area contributed by atoms with Crippen molar-refractivity contribution in [2.75, 3.05) is 47.5 Å². The van der Waals surface area contributed by atoms with Gasteiger partial charge in [-0.1, -0.05) is 224 Å². The molecule has 2 atom stereocenters. The highest BCUT2D eigenvalue weighted by atomic mass is 16.7. The summed E-state index contributed by atoms with van der Waals surface area (Å²) < 4.78 is 22.9. The van der Waals surface area contributed by atoms with E-state index in [0.717, 1.165) is 38.5 Å². The number of carboxylic acids is 1. The lowest BCUT2D eigenvalue weighted by Gasteiger charge is -2.25. The van der Waals surface area contributed by atoms with Crippen molar-refractivity contribution in [3.05, 3.63) is 24.3 Å². The molecule has 0 radical (unpaired) electrons. The zero-order chi connectivity index (χ0) is 49.9. The fourth-order valence-corrected chi connectivity index (χ4v) is 8.42. The molecule has 0 rings (SSSR count). The van der Waals surface area contributed by atoms with Gasteiger partial charge in [0.2, 0.25) is 0 Å². The van der Waals surface area contributed by atoms with E-state index in [0.29, 0.717) is 17.4 Å². The molecule has 0 heterocycles. The molecule has 0 aromatic rings. The first-order valence-electron chi connectivity index (χ1n) is 29.0. The molecule has 0 amide bonds. The van der Waals surface area contributed by atoms with Gasteiger partial charge < -0.3 is 28.5 Å². The molecule has 9 nitrogen and oxygen atoms in total. The maximum Gasteiger partial charge on any atom is 0.361 e. The van der Waals surface area contributed by atoms with Crippen molar-refractivity contribution in [2.45, 2.75) is 289 Å². The molecule has 2 unspecified atom stereocenters. The first-order chi connectivity index (χ1) is 33.1. The molecular formula is C59H112NO8+. The summed E-state index contributed by atoms with van der Waals surface area (Å²) in [4.78, 5) is 37.4. The van der Waals surface area contributed by atoms with Crippen LogP contribution in [-0.4, -0.2) is 87.4 Å². The van der Waals surface area contributed by atoms with E-state index in [4.69, 9.17) is 18.9 Å². The van der Waals surface area contributed by atoms with E-state index in [2.05, 4.69) is 38.2 Å². The van der Waals surface area contributed by atoms with Crippen LogP contribution in [0.2, 0.25) is 0 Å². The Labute approximate surface area is 420 Å². The molecule has 400 valence electrons. The summed E-state index contributed by atoms with van der Waals surface area (Å²) >= 11 is 0. The lowest BCUT2D eigenvalue weighted by atomic mass is 10.0. The average Bonchev–Trinajstić information content (AvgIpc) is 3.30. The number of quaternary nitrogens is 1. The largest absolute Gasteiger partial charge is 0.477 e. The second-order valence-electron chi connectivity index (χ2n) is 20.9. The Kier molecular flexibility index (Phi) is 49.5. The first kappa shape index (κ1) is 65.8.